The molecular weight excluding hydrogens is 262 g/mol. The summed E-state index contributed by atoms with van der Waals surface area (Å²) in [6.07, 6.45) is 0.995. The van der Waals surface area contributed by atoms with Crippen molar-refractivity contribution in [3.8, 4) is 0 Å². The van der Waals surface area contributed by atoms with E-state index in [0.29, 0.717) is 18.5 Å². The van der Waals surface area contributed by atoms with Gasteiger partial charge in [-0.15, -0.1) is 0 Å². The Kier molecular flexibility index (Phi) is 3.44. The fraction of sp³-hybridized carbons (Fsp3) is 0.385. The fourth-order valence-corrected chi connectivity index (χ4v) is 2.31. The maximum absolute atomic E-state index is 12.4. The molecule has 2 rings (SSSR count). The molecule has 0 bridgehead atoms. The standard InChI is InChI=1S/C13H15N3O4/c1-3-13(4-2)11(17)15(12(18)14-13)9-5-7-10(8-6-9)16(19)20/h5-8H,3-4H2,1-2H3,(H,14,18). The second kappa shape index (κ2) is 4.92. The first kappa shape index (κ1) is 14.0. The van der Waals surface area contributed by atoms with E-state index in [9.17, 15) is 19.7 Å². The first-order valence-electron chi connectivity index (χ1n) is 6.36. The van der Waals surface area contributed by atoms with Gasteiger partial charge in [-0.05, 0) is 25.0 Å². The van der Waals surface area contributed by atoms with Crippen LogP contribution in [-0.4, -0.2) is 22.4 Å². The molecular formula is C13H15N3O4. The number of benzene rings is 1. The van der Waals surface area contributed by atoms with Gasteiger partial charge in [0.25, 0.3) is 11.6 Å². The van der Waals surface area contributed by atoms with Crippen LogP contribution in [0.2, 0.25) is 0 Å². The lowest BCUT2D eigenvalue weighted by atomic mass is 9.93. The Morgan fingerprint density at radius 2 is 1.75 bits per heavy atom. The number of nitrogens with one attached hydrogen (secondary N) is 1. The Hall–Kier alpha value is -2.44. The van der Waals surface area contributed by atoms with Gasteiger partial charge in [0.05, 0.1) is 10.6 Å². The molecule has 3 amide bonds. The minimum absolute atomic E-state index is 0.0851. The molecule has 0 aromatic heterocycles. The van der Waals surface area contributed by atoms with Crippen molar-refractivity contribution in [2.45, 2.75) is 32.2 Å². The third kappa shape index (κ3) is 2.01. The van der Waals surface area contributed by atoms with Gasteiger partial charge in [0.15, 0.2) is 0 Å². The van der Waals surface area contributed by atoms with Crippen LogP contribution in [0.3, 0.4) is 0 Å². The fourth-order valence-electron chi connectivity index (χ4n) is 2.31. The van der Waals surface area contributed by atoms with Crippen molar-refractivity contribution in [3.05, 3.63) is 34.4 Å². The van der Waals surface area contributed by atoms with E-state index in [-0.39, 0.29) is 11.6 Å². The summed E-state index contributed by atoms with van der Waals surface area (Å²) >= 11 is 0. The largest absolute Gasteiger partial charge is 0.329 e. The van der Waals surface area contributed by atoms with E-state index in [0.717, 1.165) is 4.90 Å². The molecule has 1 aromatic rings. The predicted molar refractivity (Wildman–Crippen MR) is 72.4 cm³/mol. The highest BCUT2D eigenvalue weighted by Gasteiger charge is 2.49. The Morgan fingerprint density at radius 3 is 2.15 bits per heavy atom. The average Bonchev–Trinajstić information content (AvgIpc) is 2.70. The molecule has 0 aliphatic carbocycles. The van der Waals surface area contributed by atoms with Gasteiger partial charge in [-0.25, -0.2) is 9.69 Å². The Labute approximate surface area is 115 Å². The average molecular weight is 277 g/mol. The number of carbonyl (C=O) groups is 2. The molecule has 1 saturated heterocycles. The summed E-state index contributed by atoms with van der Waals surface area (Å²) in [6, 6.07) is 4.85. The van der Waals surface area contributed by atoms with Gasteiger partial charge in [0.2, 0.25) is 0 Å². The third-order valence-corrected chi connectivity index (χ3v) is 3.69. The SMILES string of the molecule is CCC1(CC)NC(=O)N(c2ccc([N+](=O)[O-])cc2)C1=O. The van der Waals surface area contributed by atoms with Crippen molar-refractivity contribution in [2.75, 3.05) is 4.90 Å². The smallest absolute Gasteiger partial charge is 0.323 e. The number of nitro groups is 1. The second-order valence-corrected chi connectivity index (χ2v) is 4.63. The summed E-state index contributed by atoms with van der Waals surface area (Å²) < 4.78 is 0. The predicted octanol–water partition coefficient (Wildman–Crippen LogP) is 2.21. The molecule has 0 atom stereocenters. The highest BCUT2D eigenvalue weighted by molar-refractivity contribution is 6.23. The van der Waals surface area contributed by atoms with E-state index in [1.54, 1.807) is 0 Å². The summed E-state index contributed by atoms with van der Waals surface area (Å²) in [5, 5.41) is 13.3. The number of rotatable bonds is 4. The zero-order valence-electron chi connectivity index (χ0n) is 11.3. The Balaban J connectivity index is 2.35. The molecule has 7 nitrogen and oxygen atoms in total. The van der Waals surface area contributed by atoms with E-state index >= 15 is 0 Å². The lowest BCUT2D eigenvalue weighted by Crippen LogP contribution is -2.45. The molecule has 1 N–H and O–H groups in total. The summed E-state index contributed by atoms with van der Waals surface area (Å²) in [7, 11) is 0. The van der Waals surface area contributed by atoms with Crippen LogP contribution in [0.5, 0.6) is 0 Å². The Bertz CT molecular complexity index is 563. The molecule has 1 fully saturated rings. The van der Waals surface area contributed by atoms with Crippen LogP contribution in [-0.2, 0) is 4.79 Å². The van der Waals surface area contributed by atoms with Gasteiger partial charge in [-0.2, -0.15) is 0 Å². The normalized spacial score (nSPS) is 17.2. The van der Waals surface area contributed by atoms with Crippen molar-refractivity contribution >= 4 is 23.3 Å². The summed E-state index contributed by atoms with van der Waals surface area (Å²) in [6.45, 7) is 3.67. The van der Waals surface area contributed by atoms with Crippen LogP contribution >= 0.6 is 0 Å². The highest BCUT2D eigenvalue weighted by atomic mass is 16.6. The first-order valence-corrected chi connectivity index (χ1v) is 6.36. The summed E-state index contributed by atoms with van der Waals surface area (Å²) in [5.41, 5.74) is -0.626. The van der Waals surface area contributed by atoms with Crippen molar-refractivity contribution in [2.24, 2.45) is 0 Å². The molecule has 106 valence electrons. The van der Waals surface area contributed by atoms with Crippen LogP contribution in [0.15, 0.2) is 24.3 Å². The zero-order chi connectivity index (χ0) is 14.9. The maximum Gasteiger partial charge on any atom is 0.329 e. The van der Waals surface area contributed by atoms with Gasteiger partial charge >= 0.3 is 6.03 Å². The van der Waals surface area contributed by atoms with E-state index < -0.39 is 16.5 Å². The van der Waals surface area contributed by atoms with E-state index in [1.165, 1.54) is 24.3 Å². The summed E-state index contributed by atoms with van der Waals surface area (Å²) in [4.78, 5) is 35.5. The maximum atomic E-state index is 12.4. The van der Waals surface area contributed by atoms with Crippen molar-refractivity contribution in [1.82, 2.24) is 5.32 Å². The number of imide groups is 1. The minimum Gasteiger partial charge on any atom is -0.323 e. The molecule has 1 aliphatic heterocycles. The Morgan fingerprint density at radius 1 is 1.20 bits per heavy atom. The lowest BCUT2D eigenvalue weighted by Gasteiger charge is -2.23. The van der Waals surface area contributed by atoms with Gasteiger partial charge in [0, 0.05) is 12.1 Å². The second-order valence-electron chi connectivity index (χ2n) is 4.63. The van der Waals surface area contributed by atoms with E-state index in [4.69, 9.17) is 0 Å². The van der Waals surface area contributed by atoms with Gasteiger partial charge in [0.1, 0.15) is 5.54 Å². The topological polar surface area (TPSA) is 92.6 Å². The van der Waals surface area contributed by atoms with Crippen LogP contribution < -0.4 is 10.2 Å². The van der Waals surface area contributed by atoms with Crippen LogP contribution in [0.4, 0.5) is 16.2 Å². The molecule has 1 aromatic carbocycles. The minimum atomic E-state index is -0.876. The number of non-ortho nitro benzene ring substituents is 1. The van der Waals surface area contributed by atoms with E-state index in [1.807, 2.05) is 13.8 Å². The number of anilines is 1. The van der Waals surface area contributed by atoms with Crippen LogP contribution in [0.25, 0.3) is 0 Å². The van der Waals surface area contributed by atoms with Crippen molar-refractivity contribution in [1.29, 1.82) is 0 Å². The monoisotopic (exact) mass is 277 g/mol. The molecule has 0 radical (unpaired) electrons. The number of hydrogen-bond donors (Lipinski definition) is 1. The third-order valence-electron chi connectivity index (χ3n) is 3.69. The van der Waals surface area contributed by atoms with Crippen LogP contribution in [0, 0.1) is 10.1 Å². The quantitative estimate of drug-likeness (QED) is 0.518. The van der Waals surface area contributed by atoms with Gasteiger partial charge < -0.3 is 5.32 Å². The summed E-state index contributed by atoms with van der Waals surface area (Å²) in [5.74, 6) is -0.318. The molecule has 0 saturated carbocycles. The van der Waals surface area contributed by atoms with Crippen LogP contribution in [0.1, 0.15) is 26.7 Å². The van der Waals surface area contributed by atoms with Gasteiger partial charge in [-0.1, -0.05) is 13.8 Å². The number of nitrogens with zero attached hydrogens (tertiary/aromatic N) is 2. The number of nitro benzene ring substituents is 1. The number of urea groups is 1. The molecule has 1 heterocycles. The van der Waals surface area contributed by atoms with Gasteiger partial charge in [-0.3, -0.25) is 14.9 Å². The number of amides is 3. The first-order chi connectivity index (χ1) is 9.45. The number of carbonyl (C=O) groups excluding carboxylic acids is 2. The molecule has 1 aliphatic rings. The van der Waals surface area contributed by atoms with E-state index in [2.05, 4.69) is 5.32 Å². The number of hydrogen-bond acceptors (Lipinski definition) is 4. The lowest BCUT2D eigenvalue weighted by molar-refractivity contribution is -0.384. The molecule has 20 heavy (non-hydrogen) atoms. The van der Waals surface area contributed by atoms with Crippen molar-refractivity contribution < 1.29 is 14.5 Å². The van der Waals surface area contributed by atoms with Crippen molar-refractivity contribution in [3.63, 3.8) is 0 Å². The highest BCUT2D eigenvalue weighted by Crippen LogP contribution is 2.30. The molecule has 7 heteroatoms. The molecule has 0 unspecified atom stereocenters. The molecule has 0 spiro atoms. The zero-order valence-corrected chi connectivity index (χ0v) is 11.3.